The monoisotopic (exact) mass is 587 g/mol. The van der Waals surface area contributed by atoms with Crippen molar-refractivity contribution in [3.63, 3.8) is 0 Å². The predicted molar refractivity (Wildman–Crippen MR) is 145 cm³/mol. The topological polar surface area (TPSA) is 113 Å². The lowest BCUT2D eigenvalue weighted by Crippen LogP contribution is -2.45. The Morgan fingerprint density at radius 3 is 2.48 bits per heavy atom. The standard InChI is InChI=1S/C18H21F4N3O2.C7H10N2OS.C2H6/c1-17(2,26)9-25-14-6-4-3-5-11(14)16(24-25)12-7-15(23-8-13(12)19)27-10-18(20,21)22;8-5-7(9-6-10)1-3-11-4-2-7;1-2/h7-8,26H,3-6,9-10H2,1-2H3;6H,1-4H2,(H,9,10);1-2H3. The first-order valence-electron chi connectivity index (χ1n) is 13.2. The van der Waals surface area contributed by atoms with Gasteiger partial charge in [-0.05, 0) is 63.9 Å². The minimum Gasteiger partial charge on any atom is -0.468 e. The van der Waals surface area contributed by atoms with Gasteiger partial charge < -0.3 is 15.2 Å². The molecule has 222 valence electrons. The summed E-state index contributed by atoms with van der Waals surface area (Å²) in [4.78, 5) is 13.7. The second kappa shape index (κ2) is 14.7. The number of hydrogen-bond donors (Lipinski definition) is 2. The Balaban J connectivity index is 0.000000360. The van der Waals surface area contributed by atoms with Gasteiger partial charge in [0.05, 0.1) is 30.1 Å². The summed E-state index contributed by atoms with van der Waals surface area (Å²) in [5.74, 6) is 0.934. The molecule has 1 amide bonds. The number of pyridine rings is 1. The maximum Gasteiger partial charge on any atom is 0.422 e. The Bertz CT molecular complexity index is 1150. The molecule has 40 heavy (non-hydrogen) atoms. The highest BCUT2D eigenvalue weighted by Crippen LogP contribution is 2.34. The highest BCUT2D eigenvalue weighted by atomic mass is 32.2. The molecular formula is C27H37F4N5O3S. The van der Waals surface area contributed by atoms with Gasteiger partial charge in [0.25, 0.3) is 0 Å². The van der Waals surface area contributed by atoms with Crippen LogP contribution in [0.5, 0.6) is 5.88 Å². The molecule has 0 radical (unpaired) electrons. The highest BCUT2D eigenvalue weighted by Gasteiger charge is 2.32. The van der Waals surface area contributed by atoms with Crippen LogP contribution >= 0.6 is 11.8 Å². The first-order valence-corrected chi connectivity index (χ1v) is 14.4. The zero-order chi connectivity index (χ0) is 30.0. The number of carbonyl (C=O) groups is 1. The summed E-state index contributed by atoms with van der Waals surface area (Å²) in [5.41, 5.74) is 0.629. The second-order valence-electron chi connectivity index (χ2n) is 9.93. The van der Waals surface area contributed by atoms with Gasteiger partial charge in [-0.1, -0.05) is 13.8 Å². The lowest BCUT2D eigenvalue weighted by molar-refractivity contribution is -0.154. The molecule has 4 rings (SSSR count). The molecule has 1 aliphatic carbocycles. The van der Waals surface area contributed by atoms with Crippen LogP contribution < -0.4 is 10.1 Å². The number of alkyl halides is 3. The van der Waals surface area contributed by atoms with Crippen LogP contribution in [0.1, 0.15) is 64.6 Å². The quantitative estimate of drug-likeness (QED) is 0.337. The molecule has 0 atom stereocenters. The number of ether oxygens (including phenoxy) is 1. The van der Waals surface area contributed by atoms with Crippen LogP contribution in [0.15, 0.2) is 12.3 Å². The molecule has 0 aromatic carbocycles. The molecule has 1 aliphatic heterocycles. The van der Waals surface area contributed by atoms with E-state index in [4.69, 9.17) is 5.26 Å². The van der Waals surface area contributed by atoms with Crippen molar-refractivity contribution in [3.8, 4) is 23.2 Å². The van der Waals surface area contributed by atoms with Crippen molar-refractivity contribution in [1.82, 2.24) is 20.1 Å². The molecule has 0 spiro atoms. The lowest BCUT2D eigenvalue weighted by Gasteiger charge is -2.29. The summed E-state index contributed by atoms with van der Waals surface area (Å²) >= 11 is 1.83. The second-order valence-corrected chi connectivity index (χ2v) is 11.2. The molecule has 13 heteroatoms. The summed E-state index contributed by atoms with van der Waals surface area (Å²) in [6, 6.07) is 3.31. The van der Waals surface area contributed by atoms with E-state index in [1.54, 1.807) is 18.5 Å². The molecule has 0 unspecified atom stereocenters. The number of halogens is 4. The molecular weight excluding hydrogens is 550 g/mol. The van der Waals surface area contributed by atoms with Crippen molar-refractivity contribution in [2.24, 2.45) is 0 Å². The van der Waals surface area contributed by atoms with Crippen molar-refractivity contribution in [2.45, 2.75) is 90.1 Å². The molecule has 1 saturated heterocycles. The zero-order valence-electron chi connectivity index (χ0n) is 23.3. The van der Waals surface area contributed by atoms with E-state index in [0.29, 0.717) is 18.5 Å². The number of hydrogen-bond acceptors (Lipinski definition) is 7. The number of nitrogens with zero attached hydrogens (tertiary/aromatic N) is 4. The average molecular weight is 588 g/mol. The number of amides is 1. The van der Waals surface area contributed by atoms with Crippen molar-refractivity contribution < 1.29 is 32.2 Å². The number of fused-ring (bicyclic) bond motifs is 1. The van der Waals surface area contributed by atoms with E-state index < -0.39 is 29.7 Å². The van der Waals surface area contributed by atoms with Gasteiger partial charge in [-0.2, -0.15) is 35.3 Å². The molecule has 0 bridgehead atoms. The number of rotatable bonds is 7. The van der Waals surface area contributed by atoms with E-state index in [-0.39, 0.29) is 18.0 Å². The maximum absolute atomic E-state index is 14.4. The molecule has 2 aliphatic rings. The fraction of sp³-hybridized carbons (Fsp3) is 0.630. The fourth-order valence-corrected chi connectivity index (χ4v) is 5.53. The van der Waals surface area contributed by atoms with E-state index >= 15 is 0 Å². The first-order chi connectivity index (χ1) is 18.9. The average Bonchev–Trinajstić information content (AvgIpc) is 3.26. The third kappa shape index (κ3) is 9.66. The van der Waals surface area contributed by atoms with Crippen molar-refractivity contribution in [1.29, 1.82) is 5.26 Å². The minimum absolute atomic E-state index is 0.0508. The third-order valence-corrected chi connectivity index (χ3v) is 7.14. The Labute approximate surface area is 236 Å². The van der Waals surface area contributed by atoms with E-state index in [2.05, 4.69) is 26.2 Å². The first kappa shape index (κ1) is 33.4. The van der Waals surface area contributed by atoms with E-state index in [1.165, 1.54) is 0 Å². The van der Waals surface area contributed by atoms with Gasteiger partial charge in [0.2, 0.25) is 12.3 Å². The smallest absolute Gasteiger partial charge is 0.422 e. The Kier molecular flexibility index (Phi) is 12.2. The number of carbonyl (C=O) groups excluding carboxylic acids is 1. The lowest BCUT2D eigenvalue weighted by atomic mass is 9.93. The van der Waals surface area contributed by atoms with Crippen LogP contribution in [0.25, 0.3) is 11.3 Å². The molecule has 8 nitrogen and oxygen atoms in total. The molecule has 0 saturated carbocycles. The Morgan fingerprint density at radius 1 is 1.25 bits per heavy atom. The van der Waals surface area contributed by atoms with E-state index in [1.807, 2.05) is 25.6 Å². The van der Waals surface area contributed by atoms with Crippen molar-refractivity contribution in [3.05, 3.63) is 29.3 Å². The largest absolute Gasteiger partial charge is 0.468 e. The van der Waals surface area contributed by atoms with Crippen LogP contribution in [-0.4, -0.2) is 61.7 Å². The summed E-state index contributed by atoms with van der Waals surface area (Å²) < 4.78 is 57.8. The van der Waals surface area contributed by atoms with Crippen LogP contribution in [-0.2, 0) is 24.2 Å². The number of aromatic nitrogens is 3. The van der Waals surface area contributed by atoms with Crippen LogP contribution in [0.4, 0.5) is 17.6 Å². The molecule has 2 N–H and O–H groups in total. The van der Waals surface area contributed by atoms with Gasteiger partial charge in [-0.3, -0.25) is 9.48 Å². The fourth-order valence-electron chi connectivity index (χ4n) is 4.34. The third-order valence-electron chi connectivity index (χ3n) is 6.16. The predicted octanol–water partition coefficient (Wildman–Crippen LogP) is 5.22. The van der Waals surface area contributed by atoms with Gasteiger partial charge in [-0.15, -0.1) is 0 Å². The highest BCUT2D eigenvalue weighted by molar-refractivity contribution is 7.99. The minimum atomic E-state index is -4.51. The molecule has 1 fully saturated rings. The van der Waals surface area contributed by atoms with E-state index in [9.17, 15) is 27.5 Å². The van der Waals surface area contributed by atoms with Crippen molar-refractivity contribution in [2.75, 3.05) is 18.1 Å². The van der Waals surface area contributed by atoms with Crippen LogP contribution in [0, 0.1) is 17.1 Å². The van der Waals surface area contributed by atoms with Gasteiger partial charge in [0.1, 0.15) is 5.54 Å². The van der Waals surface area contributed by atoms with E-state index in [0.717, 1.165) is 67.1 Å². The number of thioether (sulfide) groups is 1. The van der Waals surface area contributed by atoms with Gasteiger partial charge in [0.15, 0.2) is 12.4 Å². The van der Waals surface area contributed by atoms with Gasteiger partial charge in [-0.25, -0.2) is 9.37 Å². The molecule has 3 heterocycles. The van der Waals surface area contributed by atoms with Gasteiger partial charge in [0, 0.05) is 22.9 Å². The number of aliphatic hydroxyl groups is 1. The normalized spacial score (nSPS) is 16.2. The summed E-state index contributed by atoms with van der Waals surface area (Å²) in [7, 11) is 0. The SMILES string of the molecule is CC.CC(C)(O)Cn1nc(-c2cc(OCC(F)(F)F)ncc2F)c2c1CCCC2.N#CC1(NC=O)CCSCC1. The number of nitrogens with one attached hydrogen (secondary N) is 1. The van der Waals surface area contributed by atoms with Crippen molar-refractivity contribution >= 4 is 18.2 Å². The maximum atomic E-state index is 14.4. The summed E-state index contributed by atoms with van der Waals surface area (Å²) in [5, 5.41) is 26.0. The Hall–Kier alpha value is -2.85. The molecule has 2 aromatic heterocycles. The zero-order valence-corrected chi connectivity index (χ0v) is 24.1. The summed E-state index contributed by atoms with van der Waals surface area (Å²) in [6.07, 6.45) is 1.81. The van der Waals surface area contributed by atoms with Crippen LogP contribution in [0.3, 0.4) is 0 Å². The summed E-state index contributed by atoms with van der Waals surface area (Å²) in [6.45, 7) is 6.04. The Morgan fingerprint density at radius 2 is 1.90 bits per heavy atom. The number of nitriles is 1. The van der Waals surface area contributed by atoms with Gasteiger partial charge >= 0.3 is 6.18 Å². The van der Waals surface area contributed by atoms with Crippen LogP contribution in [0.2, 0.25) is 0 Å². The molecule has 2 aromatic rings.